The molecule has 2 aromatic rings. The summed E-state index contributed by atoms with van der Waals surface area (Å²) in [6, 6.07) is 16.8. The Hall–Kier alpha value is -3.14. The third-order valence-electron chi connectivity index (χ3n) is 7.89. The first kappa shape index (κ1) is 31.4. The Bertz CT molecular complexity index is 1220. The van der Waals surface area contributed by atoms with Crippen LogP contribution in [0.4, 0.5) is 0 Å². The highest BCUT2D eigenvalue weighted by Crippen LogP contribution is 2.45. The predicted molar refractivity (Wildman–Crippen MR) is 169 cm³/mol. The molecule has 40 heavy (non-hydrogen) atoms. The first-order valence-electron chi connectivity index (χ1n) is 14.6. The van der Waals surface area contributed by atoms with E-state index >= 15 is 0 Å². The monoisotopic (exact) mass is 542 g/mol. The van der Waals surface area contributed by atoms with Crippen LogP contribution >= 0.6 is 0 Å². The van der Waals surface area contributed by atoms with Gasteiger partial charge in [0.1, 0.15) is 0 Å². The van der Waals surface area contributed by atoms with Gasteiger partial charge in [-0.25, -0.2) is 0 Å². The summed E-state index contributed by atoms with van der Waals surface area (Å²) in [6.07, 6.45) is 9.71. The van der Waals surface area contributed by atoms with Crippen LogP contribution in [0.3, 0.4) is 0 Å². The molecule has 2 amide bonds. The van der Waals surface area contributed by atoms with Crippen molar-refractivity contribution in [3.05, 3.63) is 82.9 Å². The lowest BCUT2D eigenvalue weighted by molar-refractivity contribution is -0.119. The molecule has 0 aliphatic heterocycles. The summed E-state index contributed by atoms with van der Waals surface area (Å²) >= 11 is 0. The van der Waals surface area contributed by atoms with Gasteiger partial charge in [-0.2, -0.15) is 0 Å². The van der Waals surface area contributed by atoms with Gasteiger partial charge in [-0.1, -0.05) is 111 Å². The third-order valence-corrected chi connectivity index (χ3v) is 7.89. The van der Waals surface area contributed by atoms with Gasteiger partial charge in [0.25, 0.3) is 0 Å². The quantitative estimate of drug-likeness (QED) is 0.350. The number of hydrogen-bond donors (Lipinski definition) is 2. The van der Waals surface area contributed by atoms with Gasteiger partial charge in [-0.05, 0) is 75.3 Å². The van der Waals surface area contributed by atoms with Gasteiger partial charge in [-0.3, -0.25) is 9.59 Å². The summed E-state index contributed by atoms with van der Waals surface area (Å²) in [5.74, 6) is -0.167. The second-order valence-electron chi connectivity index (χ2n) is 14.9. The average Bonchev–Trinajstić information content (AvgIpc) is 2.83. The topological polar surface area (TPSA) is 58.2 Å². The van der Waals surface area contributed by atoms with Crippen molar-refractivity contribution >= 4 is 24.0 Å². The lowest BCUT2D eigenvalue weighted by atomic mass is 9.62. The van der Waals surface area contributed by atoms with Crippen molar-refractivity contribution in [3.8, 4) is 0 Å². The minimum absolute atomic E-state index is 0.0583. The molecule has 4 heteroatoms. The number of hydrogen-bond acceptors (Lipinski definition) is 2. The molecule has 2 atom stereocenters. The molecular formula is C36H50N2O2. The van der Waals surface area contributed by atoms with Crippen LogP contribution in [-0.4, -0.2) is 24.4 Å². The van der Waals surface area contributed by atoms with Crippen molar-refractivity contribution in [1.29, 1.82) is 0 Å². The number of rotatable bonds is 7. The minimum atomic E-state index is -0.107. The van der Waals surface area contributed by atoms with Crippen LogP contribution in [0.25, 0.3) is 12.2 Å². The van der Waals surface area contributed by atoms with Crippen LogP contribution in [0.1, 0.15) is 104 Å². The summed E-state index contributed by atoms with van der Waals surface area (Å²) in [7, 11) is 0. The van der Waals surface area contributed by atoms with E-state index in [9.17, 15) is 9.59 Å². The van der Waals surface area contributed by atoms with E-state index in [4.69, 9.17) is 0 Å². The van der Waals surface area contributed by atoms with Gasteiger partial charge in [0, 0.05) is 24.7 Å². The number of benzene rings is 2. The van der Waals surface area contributed by atoms with Gasteiger partial charge in [0.15, 0.2) is 0 Å². The molecule has 0 saturated heterocycles. The standard InChI is InChI=1S/C36H50N2O2/c1-33(2,3)28-16-10-26(11-17-28)14-20-31(39)37-25-36(9)23-30(22-35(7,8)24-36)38-32(40)21-15-27-12-18-29(19-13-27)34(4,5)6/h10-21,30H,22-25H2,1-9H3,(H,37,39)(H,38,40)/b20-14+,21-15+/t30-,36+/m0/s1. The van der Waals surface area contributed by atoms with Crippen molar-refractivity contribution < 1.29 is 9.59 Å². The van der Waals surface area contributed by atoms with E-state index in [-0.39, 0.29) is 39.5 Å². The van der Waals surface area contributed by atoms with Crippen molar-refractivity contribution in [2.75, 3.05) is 6.54 Å². The fourth-order valence-corrected chi connectivity index (χ4v) is 6.01. The molecule has 1 aliphatic carbocycles. The molecule has 3 rings (SSSR count). The summed E-state index contributed by atoms with van der Waals surface area (Å²) in [4.78, 5) is 25.5. The molecule has 0 aromatic heterocycles. The SMILES string of the molecule is CC1(C)C[C@H](NC(=O)/C=C/c2ccc(C(C)(C)C)cc2)C[C@@](C)(CNC(=O)/C=C/c2ccc(C(C)(C)C)cc2)C1. The van der Waals surface area contributed by atoms with E-state index in [2.05, 4.69) is 121 Å². The Morgan fingerprint density at radius 3 is 1.65 bits per heavy atom. The smallest absolute Gasteiger partial charge is 0.244 e. The van der Waals surface area contributed by atoms with Crippen LogP contribution < -0.4 is 10.6 Å². The zero-order valence-corrected chi connectivity index (χ0v) is 26.2. The van der Waals surface area contributed by atoms with Crippen molar-refractivity contribution in [2.45, 2.75) is 98.4 Å². The molecule has 216 valence electrons. The molecule has 4 nitrogen and oxygen atoms in total. The van der Waals surface area contributed by atoms with Gasteiger partial charge >= 0.3 is 0 Å². The van der Waals surface area contributed by atoms with Crippen molar-refractivity contribution in [2.24, 2.45) is 10.8 Å². The molecule has 1 fully saturated rings. The average molecular weight is 543 g/mol. The van der Waals surface area contributed by atoms with E-state index in [0.717, 1.165) is 30.4 Å². The fourth-order valence-electron chi connectivity index (χ4n) is 6.01. The van der Waals surface area contributed by atoms with Crippen LogP contribution in [0, 0.1) is 10.8 Å². The van der Waals surface area contributed by atoms with Crippen LogP contribution in [0.5, 0.6) is 0 Å². The molecule has 1 saturated carbocycles. The molecule has 0 unspecified atom stereocenters. The Balaban J connectivity index is 1.55. The van der Waals surface area contributed by atoms with Gasteiger partial charge in [0.05, 0.1) is 0 Å². The second kappa shape index (κ2) is 12.2. The number of nitrogens with one attached hydrogen (secondary N) is 2. The molecule has 2 aromatic carbocycles. The van der Waals surface area contributed by atoms with E-state index in [0.29, 0.717) is 6.54 Å². The Labute approximate surface area is 242 Å². The highest BCUT2D eigenvalue weighted by molar-refractivity contribution is 5.92. The lowest BCUT2D eigenvalue weighted by Crippen LogP contribution is -2.50. The molecule has 0 bridgehead atoms. The molecular weight excluding hydrogens is 492 g/mol. The Morgan fingerprint density at radius 1 is 0.750 bits per heavy atom. The normalized spacial score (nSPS) is 21.5. The van der Waals surface area contributed by atoms with E-state index in [1.54, 1.807) is 12.2 Å². The molecule has 0 heterocycles. The van der Waals surface area contributed by atoms with Crippen molar-refractivity contribution in [1.82, 2.24) is 10.6 Å². The fraction of sp³-hybridized carbons (Fsp3) is 0.500. The van der Waals surface area contributed by atoms with E-state index in [1.807, 2.05) is 12.2 Å². The summed E-state index contributed by atoms with van der Waals surface area (Å²) < 4.78 is 0. The number of carbonyl (C=O) groups excluding carboxylic acids is 2. The maximum Gasteiger partial charge on any atom is 0.244 e. The summed E-state index contributed by atoms with van der Waals surface area (Å²) in [5.41, 5.74) is 4.73. The zero-order valence-electron chi connectivity index (χ0n) is 26.2. The molecule has 2 N–H and O–H groups in total. The highest BCUT2D eigenvalue weighted by atomic mass is 16.2. The van der Waals surface area contributed by atoms with Crippen molar-refractivity contribution in [3.63, 3.8) is 0 Å². The maximum atomic E-state index is 12.8. The minimum Gasteiger partial charge on any atom is -0.352 e. The Morgan fingerprint density at radius 2 is 1.20 bits per heavy atom. The molecule has 0 radical (unpaired) electrons. The van der Waals surface area contributed by atoms with Gasteiger partial charge < -0.3 is 10.6 Å². The van der Waals surface area contributed by atoms with Crippen LogP contribution in [0.2, 0.25) is 0 Å². The summed E-state index contributed by atoms with van der Waals surface area (Å²) in [6.45, 7) is 20.4. The first-order valence-corrected chi connectivity index (χ1v) is 14.6. The highest BCUT2D eigenvalue weighted by Gasteiger charge is 2.41. The second-order valence-corrected chi connectivity index (χ2v) is 14.9. The van der Waals surface area contributed by atoms with Gasteiger partial charge in [0.2, 0.25) is 11.8 Å². The van der Waals surface area contributed by atoms with E-state index in [1.165, 1.54) is 11.1 Å². The Kier molecular flexibility index (Phi) is 9.54. The van der Waals surface area contributed by atoms with Gasteiger partial charge in [-0.15, -0.1) is 0 Å². The summed E-state index contributed by atoms with van der Waals surface area (Å²) in [5, 5.41) is 6.35. The lowest BCUT2D eigenvalue weighted by Gasteiger charge is -2.46. The largest absolute Gasteiger partial charge is 0.352 e. The molecule has 1 aliphatic rings. The van der Waals surface area contributed by atoms with Crippen LogP contribution in [-0.2, 0) is 20.4 Å². The zero-order chi connectivity index (χ0) is 29.8. The third kappa shape index (κ3) is 9.50. The van der Waals surface area contributed by atoms with E-state index < -0.39 is 0 Å². The number of amides is 2. The first-order chi connectivity index (χ1) is 18.4. The molecule has 0 spiro atoms. The van der Waals surface area contributed by atoms with Crippen LogP contribution in [0.15, 0.2) is 60.7 Å². The predicted octanol–water partition coefficient (Wildman–Crippen LogP) is 7.83. The number of carbonyl (C=O) groups is 2. The maximum absolute atomic E-state index is 12.8.